The summed E-state index contributed by atoms with van der Waals surface area (Å²) in [4.78, 5) is 25.9. The molecule has 1 aliphatic heterocycles. The molecule has 22 heavy (non-hydrogen) atoms. The highest BCUT2D eigenvalue weighted by Gasteiger charge is 2.57. The number of benzene rings is 1. The molecule has 1 saturated heterocycles. The zero-order chi connectivity index (χ0) is 15.6. The van der Waals surface area contributed by atoms with Gasteiger partial charge in [-0.15, -0.1) is 0 Å². The lowest BCUT2D eigenvalue weighted by Gasteiger charge is -2.38. The molecule has 1 heterocycles. The number of hydrogen-bond donors (Lipinski definition) is 0. The van der Waals surface area contributed by atoms with E-state index in [1.165, 1.54) is 0 Å². The fourth-order valence-electron chi connectivity index (χ4n) is 4.00. The molecular formula is C16H12F3NO2. The number of imide groups is 1. The number of amides is 2. The van der Waals surface area contributed by atoms with Gasteiger partial charge in [-0.3, -0.25) is 9.59 Å². The van der Waals surface area contributed by atoms with E-state index in [-0.39, 0.29) is 11.8 Å². The molecule has 0 radical (unpaired) electrons. The van der Waals surface area contributed by atoms with E-state index in [0.29, 0.717) is 17.0 Å². The maximum atomic E-state index is 13.9. The highest BCUT2D eigenvalue weighted by Crippen LogP contribution is 2.50. The molecule has 2 fully saturated rings. The molecule has 114 valence electrons. The number of carbonyl (C=O) groups excluding carboxylic acids is 2. The first kappa shape index (κ1) is 13.5. The van der Waals surface area contributed by atoms with Gasteiger partial charge in [0.05, 0.1) is 17.5 Å². The summed E-state index contributed by atoms with van der Waals surface area (Å²) < 4.78 is 40.4. The van der Waals surface area contributed by atoms with E-state index < -0.39 is 46.8 Å². The van der Waals surface area contributed by atoms with Gasteiger partial charge in [-0.25, -0.2) is 18.1 Å². The van der Waals surface area contributed by atoms with Crippen LogP contribution in [0.25, 0.3) is 0 Å². The Morgan fingerprint density at radius 1 is 0.818 bits per heavy atom. The Morgan fingerprint density at radius 3 is 1.82 bits per heavy atom. The predicted octanol–water partition coefficient (Wildman–Crippen LogP) is 2.81. The molecule has 1 aromatic rings. The first-order valence-electron chi connectivity index (χ1n) is 7.19. The lowest BCUT2D eigenvalue weighted by Crippen LogP contribution is -2.38. The van der Waals surface area contributed by atoms with Crippen LogP contribution < -0.4 is 4.90 Å². The molecule has 4 aliphatic rings. The molecule has 4 atom stereocenters. The Morgan fingerprint density at radius 2 is 1.32 bits per heavy atom. The maximum absolute atomic E-state index is 13.9. The lowest BCUT2D eigenvalue weighted by atomic mass is 9.63. The smallest absolute Gasteiger partial charge is 0.238 e. The molecular weight excluding hydrogens is 295 g/mol. The Kier molecular flexibility index (Phi) is 2.74. The van der Waals surface area contributed by atoms with Crippen LogP contribution in [-0.2, 0) is 9.59 Å². The molecule has 3 aliphatic carbocycles. The molecule has 0 N–H and O–H groups in total. The van der Waals surface area contributed by atoms with Crippen LogP contribution in [0.5, 0.6) is 0 Å². The van der Waals surface area contributed by atoms with Crippen molar-refractivity contribution in [3.05, 3.63) is 41.7 Å². The molecule has 1 aromatic carbocycles. The van der Waals surface area contributed by atoms with Crippen molar-refractivity contribution in [2.24, 2.45) is 23.7 Å². The van der Waals surface area contributed by atoms with Crippen LogP contribution in [-0.4, -0.2) is 11.8 Å². The van der Waals surface area contributed by atoms with Gasteiger partial charge >= 0.3 is 0 Å². The van der Waals surface area contributed by atoms with Crippen molar-refractivity contribution in [1.82, 2.24) is 0 Å². The number of fused-ring (bicyclic) bond motifs is 1. The monoisotopic (exact) mass is 307 g/mol. The lowest BCUT2D eigenvalue weighted by molar-refractivity contribution is -0.124. The van der Waals surface area contributed by atoms with Crippen LogP contribution in [0.2, 0.25) is 0 Å². The maximum Gasteiger partial charge on any atom is 0.238 e. The van der Waals surface area contributed by atoms with E-state index in [0.717, 1.165) is 12.8 Å². The third-order valence-electron chi connectivity index (χ3n) is 4.99. The summed E-state index contributed by atoms with van der Waals surface area (Å²) in [6.07, 6.45) is 5.50. The van der Waals surface area contributed by atoms with E-state index in [1.807, 2.05) is 12.2 Å². The van der Waals surface area contributed by atoms with Gasteiger partial charge < -0.3 is 0 Å². The van der Waals surface area contributed by atoms with Crippen molar-refractivity contribution in [3.8, 4) is 0 Å². The van der Waals surface area contributed by atoms with E-state index in [9.17, 15) is 22.8 Å². The minimum Gasteiger partial charge on any atom is -0.274 e. The topological polar surface area (TPSA) is 37.4 Å². The molecule has 4 unspecified atom stereocenters. The SMILES string of the molecule is O=C1C2C3C=CC(CC3)C2C(=O)N1c1cc(F)c(F)cc1F. The molecule has 1 saturated carbocycles. The van der Waals surface area contributed by atoms with Gasteiger partial charge in [-0.2, -0.15) is 0 Å². The number of nitrogens with zero attached hydrogens (tertiary/aromatic N) is 1. The number of carbonyl (C=O) groups is 2. The Labute approximate surface area is 124 Å². The fourth-order valence-corrected chi connectivity index (χ4v) is 4.00. The number of anilines is 1. The van der Waals surface area contributed by atoms with Crippen molar-refractivity contribution < 1.29 is 22.8 Å². The van der Waals surface area contributed by atoms with E-state index >= 15 is 0 Å². The second kappa shape index (κ2) is 4.44. The van der Waals surface area contributed by atoms with Gasteiger partial charge in [0.25, 0.3) is 0 Å². The van der Waals surface area contributed by atoms with Gasteiger partial charge in [0.1, 0.15) is 0 Å². The second-order valence-corrected chi connectivity index (χ2v) is 6.07. The summed E-state index contributed by atoms with van der Waals surface area (Å²) in [5.41, 5.74) is -0.497. The summed E-state index contributed by atoms with van der Waals surface area (Å²) in [7, 11) is 0. The molecule has 0 spiro atoms. The van der Waals surface area contributed by atoms with Crippen LogP contribution in [0, 0.1) is 41.1 Å². The van der Waals surface area contributed by atoms with Gasteiger partial charge in [0.2, 0.25) is 11.8 Å². The summed E-state index contributed by atoms with van der Waals surface area (Å²) in [5, 5.41) is 0. The summed E-state index contributed by atoms with van der Waals surface area (Å²) in [5.74, 6) is -5.87. The molecule has 6 heteroatoms. The molecule has 2 bridgehead atoms. The number of halogens is 3. The van der Waals surface area contributed by atoms with Gasteiger partial charge in [0.15, 0.2) is 17.5 Å². The highest BCUT2D eigenvalue weighted by atomic mass is 19.2. The molecule has 2 amide bonds. The molecule has 3 nitrogen and oxygen atoms in total. The molecule has 0 aromatic heterocycles. The van der Waals surface area contributed by atoms with Gasteiger partial charge in [0, 0.05) is 12.1 Å². The minimum atomic E-state index is -1.35. The number of allylic oxidation sites excluding steroid dienone is 2. The largest absolute Gasteiger partial charge is 0.274 e. The normalized spacial score (nSPS) is 32.8. The first-order valence-corrected chi connectivity index (χ1v) is 7.19. The zero-order valence-electron chi connectivity index (χ0n) is 11.4. The van der Waals surface area contributed by atoms with E-state index in [2.05, 4.69) is 0 Å². The van der Waals surface area contributed by atoms with Crippen molar-refractivity contribution in [3.63, 3.8) is 0 Å². The third kappa shape index (κ3) is 1.63. The third-order valence-corrected chi connectivity index (χ3v) is 4.99. The van der Waals surface area contributed by atoms with E-state index in [4.69, 9.17) is 0 Å². The summed E-state index contributed by atoms with van der Waals surface area (Å²) in [6.45, 7) is 0. The Bertz CT molecular complexity index is 698. The van der Waals surface area contributed by atoms with E-state index in [1.54, 1.807) is 0 Å². The van der Waals surface area contributed by atoms with Crippen molar-refractivity contribution >= 4 is 17.5 Å². The number of hydrogen-bond acceptors (Lipinski definition) is 2. The summed E-state index contributed by atoms with van der Waals surface area (Å²) in [6, 6.07) is 0.938. The minimum absolute atomic E-state index is 0.0372. The zero-order valence-corrected chi connectivity index (χ0v) is 11.4. The quantitative estimate of drug-likeness (QED) is 0.454. The van der Waals surface area contributed by atoms with Crippen molar-refractivity contribution in [1.29, 1.82) is 0 Å². The Balaban J connectivity index is 1.80. The highest BCUT2D eigenvalue weighted by molar-refractivity contribution is 6.22. The Hall–Kier alpha value is -2.11. The average Bonchev–Trinajstić information content (AvgIpc) is 2.78. The van der Waals surface area contributed by atoms with Crippen molar-refractivity contribution in [2.75, 3.05) is 4.90 Å². The standard InChI is InChI=1S/C16H12F3NO2/c17-9-5-11(19)12(6-10(9)18)20-15(21)13-7-1-2-8(4-3-7)14(13)16(20)22/h1-2,5-8,13-14H,3-4H2. The number of rotatable bonds is 1. The van der Waals surface area contributed by atoms with Crippen LogP contribution in [0.15, 0.2) is 24.3 Å². The van der Waals surface area contributed by atoms with Crippen LogP contribution >= 0.6 is 0 Å². The predicted molar refractivity (Wildman–Crippen MR) is 71.1 cm³/mol. The first-order chi connectivity index (χ1) is 10.5. The average molecular weight is 307 g/mol. The van der Waals surface area contributed by atoms with Gasteiger partial charge in [-0.1, -0.05) is 12.2 Å². The summed E-state index contributed by atoms with van der Waals surface area (Å²) >= 11 is 0. The van der Waals surface area contributed by atoms with Crippen LogP contribution in [0.1, 0.15) is 12.8 Å². The second-order valence-electron chi connectivity index (χ2n) is 6.07. The fraction of sp³-hybridized carbons (Fsp3) is 0.375. The van der Waals surface area contributed by atoms with Crippen molar-refractivity contribution in [2.45, 2.75) is 12.8 Å². The van der Waals surface area contributed by atoms with Crippen LogP contribution in [0.4, 0.5) is 18.9 Å². The van der Waals surface area contributed by atoms with Gasteiger partial charge in [-0.05, 0) is 24.7 Å². The van der Waals surface area contributed by atoms with Crippen LogP contribution in [0.3, 0.4) is 0 Å². The molecule has 5 rings (SSSR count).